The molecule has 0 saturated carbocycles. The number of fused-ring (bicyclic) bond motifs is 5. The Morgan fingerprint density at radius 1 is 0.964 bits per heavy atom. The average molecular weight is 803 g/mol. The molecule has 0 unspecified atom stereocenters. The SMILES string of the molecule is C[C@@H]1Oc2nc(Cl)c(F)c3nc(OC[C@H]4[C@@H](O[Si](c5ccccc5)(c5ccccc5)C(C)(C)C)CCN4C)nc(c23)N2C[C@H]3CC[C@@H]([C@@H]12)N3C(=O)OC(C)(C)C. The normalized spacial score (nSPS) is 25.2. The zero-order valence-corrected chi connectivity index (χ0v) is 35.2. The molecule has 0 radical (unpaired) electrons. The molecule has 0 spiro atoms. The van der Waals surface area contributed by atoms with Crippen molar-refractivity contribution in [1.82, 2.24) is 24.8 Å². The zero-order chi connectivity index (χ0) is 39.7. The Morgan fingerprint density at radius 2 is 1.62 bits per heavy atom. The van der Waals surface area contributed by atoms with Crippen LogP contribution in [0, 0.1) is 5.82 Å². The number of aromatic nitrogens is 3. The molecule has 4 aromatic rings. The van der Waals surface area contributed by atoms with E-state index in [1.54, 1.807) is 0 Å². The van der Waals surface area contributed by atoms with Gasteiger partial charge >= 0.3 is 12.1 Å². The van der Waals surface area contributed by atoms with Gasteiger partial charge in [0.25, 0.3) is 8.32 Å². The predicted octanol–water partition coefficient (Wildman–Crippen LogP) is 6.58. The Kier molecular flexibility index (Phi) is 9.98. The molecule has 2 aromatic carbocycles. The van der Waals surface area contributed by atoms with Crippen LogP contribution in [0.5, 0.6) is 11.9 Å². The molecule has 2 bridgehead atoms. The largest absolute Gasteiger partial charge is 0.472 e. The van der Waals surface area contributed by atoms with E-state index in [2.05, 4.69) is 96.1 Å². The van der Waals surface area contributed by atoms with E-state index in [1.165, 1.54) is 10.4 Å². The lowest BCUT2D eigenvalue weighted by atomic mass is 9.98. The van der Waals surface area contributed by atoms with Crippen molar-refractivity contribution in [3.05, 3.63) is 71.6 Å². The standard InChI is InChI=1S/C42H52ClFN6O5Si/c1-25-35-29-20-19-26(50(29)40(51)54-41(2,3)4)23-49(35)37-32-34(33(44)36(43)46-38(32)53-25)45-39(47-37)52-24-30-31(21-22-48(30)8)55-56(42(5,6)7,27-15-11-9-12-16-27)28-17-13-10-14-18-28/h9-18,25-26,29-31,35H,19-24H2,1-8H3/t25-,26+,29-,30-,31-,35+/m0/s1. The van der Waals surface area contributed by atoms with Gasteiger partial charge in [-0.25, -0.2) is 9.18 Å². The minimum Gasteiger partial charge on any atom is -0.472 e. The van der Waals surface area contributed by atoms with E-state index >= 15 is 4.39 Å². The molecule has 0 aliphatic carbocycles. The van der Waals surface area contributed by atoms with Crippen LogP contribution < -0.4 is 24.7 Å². The number of ether oxygens (including phenoxy) is 3. The average Bonchev–Trinajstić information content (AvgIpc) is 3.62. The van der Waals surface area contributed by atoms with Gasteiger partial charge in [-0.2, -0.15) is 15.0 Å². The molecule has 4 aliphatic heterocycles. The number of nitrogens with zero attached hydrogens (tertiary/aromatic N) is 6. The van der Waals surface area contributed by atoms with Crippen molar-refractivity contribution in [1.29, 1.82) is 0 Å². The molecule has 56 heavy (non-hydrogen) atoms. The first-order valence-corrected chi connectivity index (χ1v) is 22.0. The first-order chi connectivity index (χ1) is 26.6. The fraction of sp³-hybridized carbons (Fsp3) is 0.524. The van der Waals surface area contributed by atoms with Crippen LogP contribution >= 0.6 is 11.6 Å². The number of anilines is 1. The fourth-order valence-corrected chi connectivity index (χ4v) is 14.4. The first kappa shape index (κ1) is 38.8. The highest BCUT2D eigenvalue weighted by atomic mass is 35.5. The number of benzene rings is 2. The van der Waals surface area contributed by atoms with E-state index in [4.69, 9.17) is 35.2 Å². The number of halogens is 2. The van der Waals surface area contributed by atoms with Gasteiger partial charge in [-0.3, -0.25) is 9.80 Å². The van der Waals surface area contributed by atoms with Gasteiger partial charge in [0, 0.05) is 13.1 Å². The summed E-state index contributed by atoms with van der Waals surface area (Å²) in [6.45, 7) is 15.9. The molecule has 6 heterocycles. The van der Waals surface area contributed by atoms with Gasteiger partial charge in [-0.1, -0.05) is 93.0 Å². The molecule has 0 N–H and O–H groups in total. The van der Waals surface area contributed by atoms with Gasteiger partial charge in [-0.15, -0.1) is 0 Å². The predicted molar refractivity (Wildman–Crippen MR) is 217 cm³/mol. The van der Waals surface area contributed by atoms with Gasteiger partial charge in [0.15, 0.2) is 11.0 Å². The smallest absolute Gasteiger partial charge is 0.410 e. The highest BCUT2D eigenvalue weighted by molar-refractivity contribution is 6.99. The number of pyridine rings is 1. The summed E-state index contributed by atoms with van der Waals surface area (Å²) in [4.78, 5) is 33.8. The molecule has 4 aliphatic rings. The van der Waals surface area contributed by atoms with Crippen molar-refractivity contribution in [3.63, 3.8) is 0 Å². The van der Waals surface area contributed by atoms with Crippen LogP contribution in [0.1, 0.15) is 67.7 Å². The summed E-state index contributed by atoms with van der Waals surface area (Å²) in [6, 6.07) is 20.5. The third-order valence-corrected chi connectivity index (χ3v) is 17.2. The second kappa shape index (κ2) is 14.4. The van der Waals surface area contributed by atoms with Crippen LogP contribution in [0.25, 0.3) is 10.9 Å². The molecule has 8 rings (SSSR count). The van der Waals surface area contributed by atoms with Gasteiger partial charge in [0.1, 0.15) is 35.0 Å². The summed E-state index contributed by atoms with van der Waals surface area (Å²) >= 11 is 6.39. The Labute approximate surface area is 334 Å². The molecule has 3 saturated heterocycles. The molecule has 298 valence electrons. The Bertz CT molecular complexity index is 2060. The summed E-state index contributed by atoms with van der Waals surface area (Å²) in [5.41, 5.74) is -0.662. The maximum atomic E-state index is 16.0. The quantitative estimate of drug-likeness (QED) is 0.151. The first-order valence-electron chi connectivity index (χ1n) is 19.7. The van der Waals surface area contributed by atoms with Gasteiger partial charge in [0.05, 0.1) is 30.3 Å². The topological polar surface area (TPSA) is 102 Å². The number of carbonyl (C=O) groups is 1. The zero-order valence-electron chi connectivity index (χ0n) is 33.5. The lowest BCUT2D eigenvalue weighted by Gasteiger charge is -2.48. The molecule has 6 atom stereocenters. The van der Waals surface area contributed by atoms with Gasteiger partial charge < -0.3 is 23.5 Å². The van der Waals surface area contributed by atoms with E-state index in [1.807, 2.05) is 44.7 Å². The van der Waals surface area contributed by atoms with E-state index in [0.29, 0.717) is 17.7 Å². The van der Waals surface area contributed by atoms with Crippen LogP contribution in [-0.2, 0) is 9.16 Å². The Balaban J connectivity index is 1.14. The van der Waals surface area contributed by atoms with Crippen molar-refractivity contribution in [2.75, 3.05) is 31.6 Å². The molecule has 2 aromatic heterocycles. The van der Waals surface area contributed by atoms with Crippen LogP contribution in [0.3, 0.4) is 0 Å². The monoisotopic (exact) mass is 802 g/mol. The summed E-state index contributed by atoms with van der Waals surface area (Å²) in [5.74, 6) is -0.156. The summed E-state index contributed by atoms with van der Waals surface area (Å²) in [7, 11) is -0.784. The van der Waals surface area contributed by atoms with Crippen molar-refractivity contribution in [2.45, 2.75) is 115 Å². The maximum Gasteiger partial charge on any atom is 0.410 e. The minimum atomic E-state index is -2.87. The van der Waals surface area contributed by atoms with Crippen molar-refractivity contribution >= 4 is 53.1 Å². The van der Waals surface area contributed by atoms with E-state index in [-0.39, 0.29) is 70.6 Å². The molecule has 11 nitrogen and oxygen atoms in total. The molecular weight excluding hydrogens is 751 g/mol. The lowest BCUT2D eigenvalue weighted by molar-refractivity contribution is 0.000924. The third kappa shape index (κ3) is 6.67. The number of hydrogen-bond acceptors (Lipinski definition) is 10. The Morgan fingerprint density at radius 3 is 2.25 bits per heavy atom. The summed E-state index contributed by atoms with van der Waals surface area (Å²) in [5, 5.41) is 2.22. The molecule has 3 fully saturated rings. The number of carbonyl (C=O) groups excluding carboxylic acids is 1. The number of amides is 1. The van der Waals surface area contributed by atoms with E-state index in [9.17, 15) is 4.79 Å². The minimum absolute atomic E-state index is 0.0188. The summed E-state index contributed by atoms with van der Waals surface area (Å²) < 4.78 is 42.5. The second-order valence-electron chi connectivity index (χ2n) is 17.7. The van der Waals surface area contributed by atoms with Crippen LogP contribution in [0.15, 0.2) is 60.7 Å². The highest BCUT2D eigenvalue weighted by Gasteiger charge is 2.55. The van der Waals surface area contributed by atoms with Crippen LogP contribution in [-0.4, -0.2) is 108 Å². The van der Waals surface area contributed by atoms with Crippen molar-refractivity contribution in [3.8, 4) is 11.9 Å². The number of likely N-dealkylation sites (N-methyl/N-ethyl adjacent to an activating group) is 1. The fourth-order valence-electron chi connectivity index (χ4n) is 9.48. The molecular formula is C42H52ClFN6O5Si. The number of piperazine rings is 1. The highest BCUT2D eigenvalue weighted by Crippen LogP contribution is 2.46. The van der Waals surface area contributed by atoms with Crippen molar-refractivity contribution < 1.29 is 27.8 Å². The van der Waals surface area contributed by atoms with Crippen LogP contribution in [0.2, 0.25) is 10.2 Å². The second-order valence-corrected chi connectivity index (χ2v) is 22.3. The Hall–Kier alpha value is -4.04. The van der Waals surface area contributed by atoms with Crippen LogP contribution in [0.4, 0.5) is 15.0 Å². The van der Waals surface area contributed by atoms with E-state index in [0.717, 1.165) is 25.8 Å². The number of likely N-dealkylation sites (tertiary alicyclic amines) is 1. The lowest BCUT2D eigenvalue weighted by Crippen LogP contribution is -2.68. The third-order valence-electron chi connectivity index (χ3n) is 11.9. The maximum absolute atomic E-state index is 16.0. The van der Waals surface area contributed by atoms with Crippen molar-refractivity contribution in [2.24, 2.45) is 0 Å². The number of hydrogen-bond donors (Lipinski definition) is 0. The molecule has 14 heteroatoms. The van der Waals surface area contributed by atoms with Gasteiger partial charge in [-0.05, 0) is 69.4 Å². The van der Waals surface area contributed by atoms with Gasteiger partial charge in [0.2, 0.25) is 5.88 Å². The van der Waals surface area contributed by atoms with E-state index < -0.39 is 25.8 Å². The number of rotatable bonds is 7. The summed E-state index contributed by atoms with van der Waals surface area (Å²) in [6.07, 6.45) is 1.41. The molecule has 1 amide bonds.